The molecule has 0 atom stereocenters. The number of hydrogen-bond acceptors (Lipinski definition) is 1. The summed E-state index contributed by atoms with van der Waals surface area (Å²) >= 11 is 0. The van der Waals surface area contributed by atoms with Crippen LogP contribution in [-0.2, 0) is 0 Å². The summed E-state index contributed by atoms with van der Waals surface area (Å²) in [5, 5.41) is 0. The van der Waals surface area contributed by atoms with Crippen LogP contribution in [0, 0.1) is 0 Å². The van der Waals surface area contributed by atoms with Gasteiger partial charge in [0.05, 0.1) is 0 Å². The van der Waals surface area contributed by atoms with Gasteiger partial charge in [-0.3, -0.25) is 0 Å². The van der Waals surface area contributed by atoms with Gasteiger partial charge in [-0.25, -0.2) is 0 Å². The largest absolute Gasteiger partial charge is 0.303 e. The highest BCUT2D eigenvalue weighted by molar-refractivity contribution is 6.58. The lowest BCUT2D eigenvalue weighted by atomic mass is 10.3. The van der Waals surface area contributed by atoms with E-state index in [1.165, 1.54) is 38.9 Å². The van der Waals surface area contributed by atoms with Crippen molar-refractivity contribution in [1.82, 2.24) is 4.90 Å². The molecule has 2 bridgehead atoms. The quantitative estimate of drug-likeness (QED) is 0.499. The van der Waals surface area contributed by atoms with Crippen LogP contribution in [-0.4, -0.2) is 33.3 Å². The molecular weight excluding hydrogens is 150 g/mol. The maximum Gasteiger partial charge on any atom is 0.0369 e. The van der Waals surface area contributed by atoms with Crippen molar-refractivity contribution in [3.05, 3.63) is 0 Å². The zero-order valence-electron chi connectivity index (χ0n) is 7.39. The number of rotatable bonds is 0. The Morgan fingerprint density at radius 3 is 1.64 bits per heavy atom. The standard InChI is InChI=1S/C9H19NSi/c1-4-10-5-2-8-11(7-1)9-3-6-10/h11H,1-9H2. The van der Waals surface area contributed by atoms with Gasteiger partial charge < -0.3 is 4.90 Å². The van der Waals surface area contributed by atoms with Gasteiger partial charge in [0, 0.05) is 8.80 Å². The topological polar surface area (TPSA) is 3.24 Å². The maximum absolute atomic E-state index is 2.68. The van der Waals surface area contributed by atoms with Crippen LogP contribution >= 0.6 is 0 Å². The van der Waals surface area contributed by atoms with Crippen molar-refractivity contribution in [2.45, 2.75) is 37.4 Å². The molecule has 0 radical (unpaired) electrons. The second-order valence-corrected chi connectivity index (χ2v) is 7.60. The van der Waals surface area contributed by atoms with Crippen molar-refractivity contribution in [2.24, 2.45) is 0 Å². The van der Waals surface area contributed by atoms with Gasteiger partial charge in [0.2, 0.25) is 0 Å². The third-order valence-electron chi connectivity index (χ3n) is 3.26. The number of fused-ring (bicyclic) bond motifs is 6. The summed E-state index contributed by atoms with van der Waals surface area (Å²) in [4.78, 5) is 2.68. The van der Waals surface area contributed by atoms with Gasteiger partial charge in [0.1, 0.15) is 0 Å². The SMILES string of the molecule is C1CN2CCC[SiH](C1)CCC2. The van der Waals surface area contributed by atoms with Crippen LogP contribution < -0.4 is 0 Å². The Hall–Kier alpha value is 0.177. The van der Waals surface area contributed by atoms with Gasteiger partial charge in [-0.2, -0.15) is 0 Å². The van der Waals surface area contributed by atoms with E-state index in [9.17, 15) is 0 Å². The highest BCUT2D eigenvalue weighted by atomic mass is 28.3. The van der Waals surface area contributed by atoms with Crippen LogP contribution in [0.4, 0.5) is 0 Å². The number of hydrogen-bond donors (Lipinski definition) is 0. The molecule has 2 heteroatoms. The van der Waals surface area contributed by atoms with E-state index in [0.717, 1.165) is 0 Å². The molecular formula is C9H19NSi. The van der Waals surface area contributed by atoms with Crippen molar-refractivity contribution in [3.8, 4) is 0 Å². The second kappa shape index (κ2) is 3.72. The molecule has 0 unspecified atom stereocenters. The van der Waals surface area contributed by atoms with E-state index in [-0.39, 0.29) is 8.80 Å². The van der Waals surface area contributed by atoms with Crippen LogP contribution in [0.2, 0.25) is 18.1 Å². The molecule has 0 aromatic rings. The molecule has 11 heavy (non-hydrogen) atoms. The fourth-order valence-electron chi connectivity index (χ4n) is 2.58. The molecule has 0 N–H and O–H groups in total. The Morgan fingerprint density at radius 2 is 1.18 bits per heavy atom. The molecule has 1 nitrogen and oxygen atoms in total. The number of nitrogens with zero attached hydrogens (tertiary/aromatic N) is 1. The van der Waals surface area contributed by atoms with E-state index in [4.69, 9.17) is 0 Å². The van der Waals surface area contributed by atoms with Gasteiger partial charge in [-0.15, -0.1) is 0 Å². The summed E-state index contributed by atoms with van der Waals surface area (Å²) in [6.07, 6.45) is 4.57. The van der Waals surface area contributed by atoms with E-state index in [2.05, 4.69) is 4.90 Å². The highest BCUT2D eigenvalue weighted by Crippen LogP contribution is 2.20. The first-order chi connectivity index (χ1) is 5.45. The first-order valence-corrected chi connectivity index (χ1v) is 7.62. The van der Waals surface area contributed by atoms with Crippen molar-refractivity contribution >= 4 is 8.80 Å². The molecule has 3 rings (SSSR count). The Kier molecular flexibility index (Phi) is 2.64. The highest BCUT2D eigenvalue weighted by Gasteiger charge is 2.19. The minimum atomic E-state index is -0.189. The van der Waals surface area contributed by atoms with E-state index < -0.39 is 0 Å². The molecule has 64 valence electrons. The maximum atomic E-state index is 2.68. The predicted octanol–water partition coefficient (Wildman–Crippen LogP) is 1.71. The van der Waals surface area contributed by atoms with E-state index in [1.54, 1.807) is 18.1 Å². The molecule has 3 fully saturated rings. The molecule has 3 aliphatic heterocycles. The summed E-state index contributed by atoms with van der Waals surface area (Å²) < 4.78 is 0. The third-order valence-corrected chi connectivity index (χ3v) is 6.93. The van der Waals surface area contributed by atoms with Crippen molar-refractivity contribution in [2.75, 3.05) is 19.6 Å². The minimum absolute atomic E-state index is 0.189. The summed E-state index contributed by atoms with van der Waals surface area (Å²) in [6, 6.07) is 4.95. The molecule has 0 aromatic heterocycles. The van der Waals surface area contributed by atoms with Gasteiger partial charge in [0.25, 0.3) is 0 Å². The average molecular weight is 169 g/mol. The Balaban J connectivity index is 1.96. The molecule has 0 amide bonds. The van der Waals surface area contributed by atoms with Gasteiger partial charge in [-0.05, 0) is 38.9 Å². The third kappa shape index (κ3) is 2.06. The molecule has 3 saturated heterocycles. The predicted molar refractivity (Wildman–Crippen MR) is 51.9 cm³/mol. The van der Waals surface area contributed by atoms with E-state index >= 15 is 0 Å². The lowest BCUT2D eigenvalue weighted by Crippen LogP contribution is -2.34. The Bertz CT molecular complexity index is 91.0. The summed E-state index contributed by atoms with van der Waals surface area (Å²) in [5.74, 6) is 0. The van der Waals surface area contributed by atoms with Crippen LogP contribution in [0.3, 0.4) is 0 Å². The van der Waals surface area contributed by atoms with Crippen molar-refractivity contribution < 1.29 is 0 Å². The lowest BCUT2D eigenvalue weighted by Gasteiger charge is -2.31. The van der Waals surface area contributed by atoms with Gasteiger partial charge in [0.15, 0.2) is 0 Å². The van der Waals surface area contributed by atoms with Crippen LogP contribution in [0.1, 0.15) is 19.3 Å². The normalized spacial score (nSPS) is 39.3. The summed E-state index contributed by atoms with van der Waals surface area (Å²) in [5.41, 5.74) is 0. The smallest absolute Gasteiger partial charge is 0.0369 e. The van der Waals surface area contributed by atoms with E-state index in [1.807, 2.05) is 0 Å². The summed E-state index contributed by atoms with van der Waals surface area (Å²) in [7, 11) is -0.189. The fourth-order valence-corrected chi connectivity index (χ4v) is 5.72. The molecule has 3 aliphatic rings. The van der Waals surface area contributed by atoms with Crippen LogP contribution in [0.5, 0.6) is 0 Å². The van der Waals surface area contributed by atoms with Gasteiger partial charge in [-0.1, -0.05) is 18.1 Å². The lowest BCUT2D eigenvalue weighted by molar-refractivity contribution is 0.265. The minimum Gasteiger partial charge on any atom is -0.303 e. The summed E-state index contributed by atoms with van der Waals surface area (Å²) in [6.45, 7) is 4.26. The molecule has 0 aliphatic carbocycles. The molecule has 3 heterocycles. The van der Waals surface area contributed by atoms with Crippen LogP contribution in [0.25, 0.3) is 0 Å². The Labute approximate surface area is 71.4 Å². The zero-order valence-corrected chi connectivity index (χ0v) is 8.54. The molecule has 0 spiro atoms. The van der Waals surface area contributed by atoms with Crippen LogP contribution in [0.15, 0.2) is 0 Å². The molecule has 0 aromatic carbocycles. The van der Waals surface area contributed by atoms with Crippen molar-refractivity contribution in [3.63, 3.8) is 0 Å². The zero-order chi connectivity index (χ0) is 7.52. The monoisotopic (exact) mass is 169 g/mol. The van der Waals surface area contributed by atoms with Crippen molar-refractivity contribution in [1.29, 1.82) is 0 Å². The first-order valence-electron chi connectivity index (χ1n) is 5.17. The fraction of sp³-hybridized carbons (Fsp3) is 1.00. The van der Waals surface area contributed by atoms with Gasteiger partial charge >= 0.3 is 0 Å². The molecule has 0 saturated carbocycles. The van der Waals surface area contributed by atoms with E-state index in [0.29, 0.717) is 0 Å². The average Bonchev–Trinajstić information content (AvgIpc) is 1.80. The first kappa shape index (κ1) is 7.81. The second-order valence-electron chi connectivity index (χ2n) is 4.13. The Morgan fingerprint density at radius 1 is 0.727 bits per heavy atom.